The van der Waals surface area contributed by atoms with Gasteiger partial charge in [-0.2, -0.15) is 4.37 Å². The molecular formula is C12H21N3O2S. The Balaban J connectivity index is 2.09. The summed E-state index contributed by atoms with van der Waals surface area (Å²) in [5.74, 6) is 1.76. The number of anilines is 2. The summed E-state index contributed by atoms with van der Waals surface area (Å²) >= 11 is 1.40. The number of nitrogen functional groups attached to an aromatic ring is 1. The van der Waals surface area contributed by atoms with Crippen molar-refractivity contribution in [2.75, 3.05) is 30.3 Å². The van der Waals surface area contributed by atoms with Gasteiger partial charge in [-0.15, -0.1) is 0 Å². The van der Waals surface area contributed by atoms with Crippen LogP contribution in [0.5, 0.6) is 5.75 Å². The van der Waals surface area contributed by atoms with Crippen LogP contribution in [0.1, 0.15) is 26.7 Å². The van der Waals surface area contributed by atoms with Crippen LogP contribution in [0.3, 0.4) is 0 Å². The summed E-state index contributed by atoms with van der Waals surface area (Å²) in [6.45, 7) is 6.18. The molecule has 1 aromatic heterocycles. The first-order valence-electron chi connectivity index (χ1n) is 6.39. The average molecular weight is 271 g/mol. The van der Waals surface area contributed by atoms with Crippen molar-refractivity contribution in [3.63, 3.8) is 0 Å². The van der Waals surface area contributed by atoms with Gasteiger partial charge in [0.25, 0.3) is 0 Å². The van der Waals surface area contributed by atoms with E-state index in [1.54, 1.807) is 0 Å². The van der Waals surface area contributed by atoms with E-state index in [4.69, 9.17) is 15.6 Å². The highest BCUT2D eigenvalue weighted by Gasteiger charge is 2.27. The number of ether oxygens (including phenoxy) is 1. The summed E-state index contributed by atoms with van der Waals surface area (Å²) in [7, 11) is 0. The number of hydrogen-bond acceptors (Lipinski definition) is 6. The number of hydrogen-bond donors (Lipinski definition) is 2. The molecular weight excluding hydrogens is 250 g/mol. The summed E-state index contributed by atoms with van der Waals surface area (Å²) in [6.07, 6.45) is 2.07. The molecule has 1 aliphatic rings. The van der Waals surface area contributed by atoms with Crippen LogP contribution in [0.4, 0.5) is 10.8 Å². The number of aromatic nitrogens is 1. The number of rotatable bonds is 5. The molecule has 102 valence electrons. The molecule has 0 saturated carbocycles. The largest absolute Gasteiger partial charge is 0.484 e. The molecule has 2 heterocycles. The predicted molar refractivity (Wildman–Crippen MR) is 74.3 cm³/mol. The molecule has 18 heavy (non-hydrogen) atoms. The van der Waals surface area contributed by atoms with Crippen LogP contribution >= 0.6 is 11.5 Å². The Kier molecular flexibility index (Phi) is 4.29. The van der Waals surface area contributed by atoms with Gasteiger partial charge in [0.1, 0.15) is 0 Å². The first-order valence-corrected chi connectivity index (χ1v) is 7.16. The SMILES string of the molecule is CC(C)Oc1c(N)nsc1N1CCC(CCO)C1. The van der Waals surface area contributed by atoms with Crippen molar-refractivity contribution >= 4 is 22.4 Å². The zero-order chi connectivity index (χ0) is 13.1. The fraction of sp³-hybridized carbons (Fsp3) is 0.750. The van der Waals surface area contributed by atoms with Crippen LogP contribution in [-0.4, -0.2) is 35.3 Å². The number of aliphatic hydroxyl groups is 1. The highest BCUT2D eigenvalue weighted by Crippen LogP contribution is 2.41. The van der Waals surface area contributed by atoms with Gasteiger partial charge in [-0.05, 0) is 44.1 Å². The lowest BCUT2D eigenvalue weighted by Crippen LogP contribution is -2.20. The van der Waals surface area contributed by atoms with Crippen LogP contribution in [0.15, 0.2) is 0 Å². The molecule has 1 unspecified atom stereocenters. The van der Waals surface area contributed by atoms with E-state index in [9.17, 15) is 0 Å². The zero-order valence-corrected chi connectivity index (χ0v) is 11.7. The Labute approximate surface area is 112 Å². The van der Waals surface area contributed by atoms with Crippen molar-refractivity contribution < 1.29 is 9.84 Å². The first kappa shape index (κ1) is 13.4. The van der Waals surface area contributed by atoms with E-state index < -0.39 is 0 Å². The van der Waals surface area contributed by atoms with Crippen molar-refractivity contribution in [1.82, 2.24) is 4.37 Å². The first-order chi connectivity index (χ1) is 8.61. The maximum atomic E-state index is 8.99. The van der Waals surface area contributed by atoms with E-state index in [-0.39, 0.29) is 12.7 Å². The summed E-state index contributed by atoms with van der Waals surface area (Å²) in [5.41, 5.74) is 5.86. The minimum absolute atomic E-state index is 0.0956. The van der Waals surface area contributed by atoms with E-state index in [1.807, 2.05) is 13.8 Å². The number of nitrogens with zero attached hydrogens (tertiary/aromatic N) is 2. The van der Waals surface area contributed by atoms with Crippen LogP contribution in [0.2, 0.25) is 0 Å². The molecule has 5 nitrogen and oxygen atoms in total. The molecule has 0 amide bonds. The smallest absolute Gasteiger partial charge is 0.198 e. The van der Waals surface area contributed by atoms with E-state index in [2.05, 4.69) is 9.27 Å². The second kappa shape index (κ2) is 5.75. The Morgan fingerprint density at radius 1 is 1.61 bits per heavy atom. The van der Waals surface area contributed by atoms with Crippen molar-refractivity contribution in [2.24, 2.45) is 5.92 Å². The third-order valence-corrected chi connectivity index (χ3v) is 4.03. The quantitative estimate of drug-likeness (QED) is 0.853. The fourth-order valence-corrected chi connectivity index (χ4v) is 3.05. The van der Waals surface area contributed by atoms with Crippen LogP contribution in [0.25, 0.3) is 0 Å². The average Bonchev–Trinajstić information content (AvgIpc) is 2.88. The molecule has 0 spiro atoms. The van der Waals surface area contributed by atoms with Gasteiger partial charge in [0.15, 0.2) is 16.6 Å². The fourth-order valence-electron chi connectivity index (χ4n) is 2.27. The van der Waals surface area contributed by atoms with Gasteiger partial charge in [0.05, 0.1) is 6.10 Å². The molecule has 0 aromatic carbocycles. The van der Waals surface area contributed by atoms with E-state index in [1.165, 1.54) is 11.5 Å². The summed E-state index contributed by atoms with van der Waals surface area (Å²) in [5, 5.41) is 10.0. The molecule has 3 N–H and O–H groups in total. The minimum atomic E-state index is 0.0956. The Morgan fingerprint density at radius 3 is 3.06 bits per heavy atom. The number of aliphatic hydroxyl groups excluding tert-OH is 1. The topological polar surface area (TPSA) is 71.6 Å². The second-order valence-corrected chi connectivity index (χ2v) is 5.73. The van der Waals surface area contributed by atoms with Crippen LogP contribution < -0.4 is 15.4 Å². The highest BCUT2D eigenvalue weighted by molar-refractivity contribution is 7.11. The van der Waals surface area contributed by atoms with E-state index >= 15 is 0 Å². The standard InChI is InChI=1S/C12H21N3O2S/c1-8(2)17-10-11(13)14-18-12(10)15-5-3-9(7-15)4-6-16/h8-9,16H,3-7H2,1-2H3,(H2,13,14). The molecule has 1 atom stereocenters. The molecule has 1 aliphatic heterocycles. The molecule has 2 rings (SSSR count). The molecule has 0 aliphatic carbocycles. The maximum absolute atomic E-state index is 8.99. The molecule has 0 bridgehead atoms. The second-order valence-electron chi connectivity index (χ2n) is 4.98. The normalized spacial score (nSPS) is 19.8. The third kappa shape index (κ3) is 2.87. The lowest BCUT2D eigenvalue weighted by atomic mass is 10.1. The monoisotopic (exact) mass is 271 g/mol. The Bertz CT molecular complexity index is 395. The Hall–Kier alpha value is -1.01. The van der Waals surface area contributed by atoms with Gasteiger partial charge in [0.2, 0.25) is 0 Å². The van der Waals surface area contributed by atoms with Crippen molar-refractivity contribution in [2.45, 2.75) is 32.8 Å². The van der Waals surface area contributed by atoms with Crippen molar-refractivity contribution in [3.8, 4) is 5.75 Å². The highest BCUT2D eigenvalue weighted by atomic mass is 32.1. The van der Waals surface area contributed by atoms with E-state index in [0.29, 0.717) is 11.7 Å². The molecule has 0 radical (unpaired) electrons. The lowest BCUT2D eigenvalue weighted by Gasteiger charge is -2.19. The van der Waals surface area contributed by atoms with Gasteiger partial charge in [-0.25, -0.2) is 0 Å². The molecule has 1 fully saturated rings. The van der Waals surface area contributed by atoms with Gasteiger partial charge < -0.3 is 20.5 Å². The maximum Gasteiger partial charge on any atom is 0.198 e. The van der Waals surface area contributed by atoms with Crippen molar-refractivity contribution in [3.05, 3.63) is 0 Å². The summed E-state index contributed by atoms with van der Waals surface area (Å²) < 4.78 is 9.94. The van der Waals surface area contributed by atoms with Crippen LogP contribution in [0, 0.1) is 5.92 Å². The zero-order valence-electron chi connectivity index (χ0n) is 10.9. The van der Waals surface area contributed by atoms with Gasteiger partial charge in [-0.1, -0.05) is 0 Å². The van der Waals surface area contributed by atoms with E-state index in [0.717, 1.165) is 36.7 Å². The van der Waals surface area contributed by atoms with Gasteiger partial charge in [-0.3, -0.25) is 0 Å². The predicted octanol–water partition coefficient (Wildman–Crippen LogP) is 1.72. The molecule has 6 heteroatoms. The lowest BCUT2D eigenvalue weighted by molar-refractivity contribution is 0.245. The molecule has 1 aromatic rings. The van der Waals surface area contributed by atoms with Gasteiger partial charge >= 0.3 is 0 Å². The minimum Gasteiger partial charge on any atom is -0.484 e. The third-order valence-electron chi connectivity index (χ3n) is 3.12. The Morgan fingerprint density at radius 2 is 2.39 bits per heavy atom. The summed E-state index contributed by atoms with van der Waals surface area (Å²) in [4.78, 5) is 2.27. The number of nitrogens with two attached hydrogens (primary N) is 1. The van der Waals surface area contributed by atoms with Crippen molar-refractivity contribution in [1.29, 1.82) is 0 Å². The van der Waals surface area contributed by atoms with Gasteiger partial charge in [0, 0.05) is 19.7 Å². The molecule has 1 saturated heterocycles. The summed E-state index contributed by atoms with van der Waals surface area (Å²) in [6, 6.07) is 0. The van der Waals surface area contributed by atoms with Crippen LogP contribution in [-0.2, 0) is 0 Å².